The van der Waals surface area contributed by atoms with Gasteiger partial charge in [-0.1, -0.05) is 12.8 Å². The molecule has 3 heterocycles. The Morgan fingerprint density at radius 3 is 2.79 bits per heavy atom. The van der Waals surface area contributed by atoms with Crippen LogP contribution in [0.5, 0.6) is 0 Å². The zero-order valence-corrected chi connectivity index (χ0v) is 15.6. The summed E-state index contributed by atoms with van der Waals surface area (Å²) in [5.74, 6) is -0.0383. The van der Waals surface area contributed by atoms with Crippen molar-refractivity contribution in [3.8, 4) is 0 Å². The first-order valence-electron chi connectivity index (χ1n) is 9.83. The first-order chi connectivity index (χ1) is 13.6. The second-order valence-electron chi connectivity index (χ2n) is 7.83. The Kier molecular flexibility index (Phi) is 5.02. The quantitative estimate of drug-likeness (QED) is 0.515. The van der Waals surface area contributed by atoms with Gasteiger partial charge in [-0.05, 0) is 37.3 Å². The van der Waals surface area contributed by atoms with Crippen molar-refractivity contribution in [1.29, 1.82) is 5.41 Å². The van der Waals surface area contributed by atoms with Crippen molar-refractivity contribution in [2.75, 3.05) is 6.54 Å². The van der Waals surface area contributed by atoms with Crippen LogP contribution in [0.1, 0.15) is 38.1 Å². The third kappa shape index (κ3) is 3.72. The zero-order chi connectivity index (χ0) is 19.7. The molecular formula is C20H25N5O3. The number of nitrogens with zero attached hydrogens (tertiary/aromatic N) is 1. The Morgan fingerprint density at radius 2 is 2.11 bits per heavy atom. The molecule has 8 nitrogen and oxygen atoms in total. The average molecular weight is 383 g/mol. The highest BCUT2D eigenvalue weighted by Gasteiger charge is 2.33. The van der Waals surface area contributed by atoms with Crippen LogP contribution in [-0.4, -0.2) is 40.2 Å². The van der Waals surface area contributed by atoms with E-state index in [1.54, 1.807) is 12.4 Å². The zero-order valence-electron chi connectivity index (χ0n) is 15.6. The van der Waals surface area contributed by atoms with Crippen LogP contribution in [0, 0.1) is 17.2 Å². The van der Waals surface area contributed by atoms with Crippen LogP contribution in [-0.2, 0) is 9.59 Å². The highest BCUT2D eigenvalue weighted by Crippen LogP contribution is 2.36. The molecule has 2 amide bonds. The number of rotatable bonds is 8. The van der Waals surface area contributed by atoms with Crippen molar-refractivity contribution in [3.63, 3.8) is 0 Å². The van der Waals surface area contributed by atoms with Gasteiger partial charge in [-0.25, -0.2) is 0 Å². The molecular weight excluding hydrogens is 358 g/mol. The maximum Gasteiger partial charge on any atom is 0.275 e. The molecule has 2 aromatic heterocycles. The first-order valence-corrected chi connectivity index (χ1v) is 9.83. The van der Waals surface area contributed by atoms with E-state index in [2.05, 4.69) is 15.6 Å². The molecule has 2 fully saturated rings. The molecule has 1 aliphatic carbocycles. The average Bonchev–Trinajstić information content (AvgIpc) is 3.21. The van der Waals surface area contributed by atoms with E-state index in [9.17, 15) is 14.4 Å². The number of hydrogen-bond acceptors (Lipinski definition) is 4. The fourth-order valence-electron chi connectivity index (χ4n) is 3.95. The van der Waals surface area contributed by atoms with Gasteiger partial charge in [-0.3, -0.25) is 14.4 Å². The lowest BCUT2D eigenvalue weighted by Gasteiger charge is -2.23. The summed E-state index contributed by atoms with van der Waals surface area (Å²) in [5.41, 5.74) is 0.271. The molecule has 148 valence electrons. The number of nitrogens with one attached hydrogen (secondary N) is 4. The maximum absolute atomic E-state index is 13.1. The van der Waals surface area contributed by atoms with Gasteiger partial charge in [0.1, 0.15) is 11.6 Å². The molecule has 2 aliphatic rings. The van der Waals surface area contributed by atoms with Crippen LogP contribution in [0.4, 0.5) is 0 Å². The van der Waals surface area contributed by atoms with Crippen molar-refractivity contribution in [2.45, 2.75) is 44.2 Å². The summed E-state index contributed by atoms with van der Waals surface area (Å²) in [6, 6.07) is 2.52. The summed E-state index contributed by atoms with van der Waals surface area (Å²) in [6.45, 7) is 0.637. The van der Waals surface area contributed by atoms with Crippen molar-refractivity contribution in [1.82, 2.24) is 20.2 Å². The maximum atomic E-state index is 13.1. The van der Waals surface area contributed by atoms with E-state index < -0.39 is 12.1 Å². The van der Waals surface area contributed by atoms with Gasteiger partial charge in [0.2, 0.25) is 11.8 Å². The molecule has 8 heteroatoms. The lowest BCUT2D eigenvalue weighted by atomic mass is 9.98. The third-order valence-electron chi connectivity index (χ3n) is 5.76. The number of hydrogen-bond donors (Lipinski definition) is 4. The Morgan fingerprint density at radius 1 is 1.29 bits per heavy atom. The van der Waals surface area contributed by atoms with Gasteiger partial charge in [-0.15, -0.1) is 0 Å². The number of fused-ring (bicyclic) bond motifs is 1. The van der Waals surface area contributed by atoms with Crippen LogP contribution in [0.3, 0.4) is 0 Å². The van der Waals surface area contributed by atoms with Gasteiger partial charge >= 0.3 is 0 Å². The van der Waals surface area contributed by atoms with E-state index in [-0.39, 0.29) is 23.3 Å². The summed E-state index contributed by atoms with van der Waals surface area (Å²) >= 11 is 0. The van der Waals surface area contributed by atoms with Crippen molar-refractivity contribution >= 4 is 28.9 Å². The Hall–Kier alpha value is -2.90. The number of amides is 2. The van der Waals surface area contributed by atoms with E-state index in [4.69, 9.17) is 5.41 Å². The van der Waals surface area contributed by atoms with Gasteiger partial charge in [0.25, 0.3) is 5.56 Å². The summed E-state index contributed by atoms with van der Waals surface area (Å²) in [4.78, 5) is 40.7. The van der Waals surface area contributed by atoms with Crippen LogP contribution in [0.25, 0.3) is 10.9 Å². The second kappa shape index (κ2) is 7.61. The van der Waals surface area contributed by atoms with Crippen LogP contribution >= 0.6 is 0 Å². The topological polar surface area (TPSA) is 120 Å². The van der Waals surface area contributed by atoms with Crippen molar-refractivity contribution in [3.05, 3.63) is 34.9 Å². The molecule has 4 N–H and O–H groups in total. The summed E-state index contributed by atoms with van der Waals surface area (Å²) in [7, 11) is 0. The lowest BCUT2D eigenvalue weighted by molar-refractivity contribution is -0.126. The van der Waals surface area contributed by atoms with E-state index in [1.165, 1.54) is 10.8 Å². The van der Waals surface area contributed by atoms with Gasteiger partial charge in [0.15, 0.2) is 0 Å². The molecule has 0 radical (unpaired) electrons. The number of pyridine rings is 1. The van der Waals surface area contributed by atoms with Crippen LogP contribution in [0.15, 0.2) is 29.3 Å². The summed E-state index contributed by atoms with van der Waals surface area (Å²) in [5, 5.41) is 14.1. The highest BCUT2D eigenvalue weighted by molar-refractivity contribution is 5.85. The minimum Gasteiger partial charge on any atom is -0.357 e. The van der Waals surface area contributed by atoms with E-state index >= 15 is 0 Å². The third-order valence-corrected chi connectivity index (χ3v) is 5.76. The predicted octanol–water partition coefficient (Wildman–Crippen LogP) is 1.33. The molecule has 1 aliphatic heterocycles. The van der Waals surface area contributed by atoms with Gasteiger partial charge in [0.05, 0.1) is 6.04 Å². The standard InChI is InChI=1S/C20H25N5O3/c21-11-15(10-14-4-7-23-18(14)26)24-19(27)16(9-12-1-2-12)25-8-5-13-3-6-22-17(13)20(25)28/h3,5-6,8,11-12,14-16,21-22H,1-2,4,7,9-10H2,(H,23,26)(H,24,27)/t14-,15-,16-/m0/s1. The van der Waals surface area contributed by atoms with Crippen molar-refractivity contribution in [2.24, 2.45) is 11.8 Å². The number of H-pyrrole nitrogens is 1. The van der Waals surface area contributed by atoms with E-state index in [0.29, 0.717) is 37.2 Å². The molecule has 1 saturated heterocycles. The van der Waals surface area contributed by atoms with Gasteiger partial charge < -0.3 is 25.6 Å². The molecule has 2 aromatic rings. The van der Waals surface area contributed by atoms with Gasteiger partial charge in [-0.2, -0.15) is 0 Å². The number of aromatic nitrogens is 2. The van der Waals surface area contributed by atoms with Crippen LogP contribution in [0.2, 0.25) is 0 Å². The highest BCUT2D eigenvalue weighted by atomic mass is 16.2. The number of aromatic amines is 1. The minimum absolute atomic E-state index is 0.0240. The van der Waals surface area contributed by atoms with E-state index in [0.717, 1.165) is 18.2 Å². The molecule has 3 atom stereocenters. The second-order valence-corrected chi connectivity index (χ2v) is 7.83. The van der Waals surface area contributed by atoms with Crippen LogP contribution < -0.4 is 16.2 Å². The molecule has 0 unspecified atom stereocenters. The molecule has 28 heavy (non-hydrogen) atoms. The lowest BCUT2D eigenvalue weighted by Crippen LogP contribution is -2.44. The normalized spacial score (nSPS) is 21.3. The fourth-order valence-corrected chi connectivity index (χ4v) is 3.95. The summed E-state index contributed by atoms with van der Waals surface area (Å²) in [6.07, 6.45) is 8.43. The predicted molar refractivity (Wildman–Crippen MR) is 105 cm³/mol. The molecule has 0 spiro atoms. The molecule has 1 saturated carbocycles. The van der Waals surface area contributed by atoms with Crippen molar-refractivity contribution < 1.29 is 9.59 Å². The molecule has 4 rings (SSSR count). The monoisotopic (exact) mass is 383 g/mol. The van der Waals surface area contributed by atoms with Gasteiger partial charge in [0, 0.05) is 36.5 Å². The smallest absolute Gasteiger partial charge is 0.275 e. The Balaban J connectivity index is 1.55. The molecule has 0 aromatic carbocycles. The number of carbonyl (C=O) groups is 2. The van der Waals surface area contributed by atoms with E-state index in [1.807, 2.05) is 12.1 Å². The largest absolute Gasteiger partial charge is 0.357 e. The molecule has 0 bridgehead atoms. The number of carbonyl (C=O) groups excluding carboxylic acids is 2. The SMILES string of the molecule is N=C[C@H](C[C@@H]1CCNC1=O)NC(=O)[C@H](CC1CC1)n1ccc2cc[nH]c2c1=O. The Bertz CT molecular complexity index is 958. The Labute approximate surface area is 162 Å². The minimum atomic E-state index is -0.618. The first kappa shape index (κ1) is 18.5. The summed E-state index contributed by atoms with van der Waals surface area (Å²) < 4.78 is 1.50. The fraction of sp³-hybridized carbons (Fsp3) is 0.500.